The minimum Gasteiger partial charge on any atom is -0.149 e. The molecule has 0 aliphatic rings. The number of hydrogen-bond acceptors (Lipinski definition) is 1. The molecule has 0 fully saturated rings. The van der Waals surface area contributed by atoms with E-state index in [9.17, 15) is 0 Å². The van der Waals surface area contributed by atoms with Crippen molar-refractivity contribution in [1.29, 1.82) is 0 Å². The zero-order chi connectivity index (χ0) is 14.7. The standard InChI is InChI=1S/C19H24S/c1-6-20-19(17-9-7-13(2)8-10-17)18-15(4)11-14(3)12-16(18)5/h7-12,19H,6H2,1-5H3. The fourth-order valence-corrected chi connectivity index (χ4v) is 4.08. The summed E-state index contributed by atoms with van der Waals surface area (Å²) in [7, 11) is 0. The summed E-state index contributed by atoms with van der Waals surface area (Å²) in [4.78, 5) is 0. The molecule has 20 heavy (non-hydrogen) atoms. The van der Waals surface area contributed by atoms with Crippen LogP contribution in [0.4, 0.5) is 0 Å². The second-order valence-electron chi connectivity index (χ2n) is 5.56. The smallest absolute Gasteiger partial charge is 0.0551 e. The van der Waals surface area contributed by atoms with Crippen LogP contribution >= 0.6 is 11.8 Å². The van der Waals surface area contributed by atoms with Crippen LogP contribution in [-0.4, -0.2) is 5.75 Å². The highest BCUT2D eigenvalue weighted by Crippen LogP contribution is 2.39. The van der Waals surface area contributed by atoms with Crippen molar-refractivity contribution in [2.75, 3.05) is 5.75 Å². The highest BCUT2D eigenvalue weighted by molar-refractivity contribution is 7.99. The summed E-state index contributed by atoms with van der Waals surface area (Å²) in [6.45, 7) is 11.1. The third-order valence-electron chi connectivity index (χ3n) is 3.71. The first-order valence-electron chi connectivity index (χ1n) is 7.28. The summed E-state index contributed by atoms with van der Waals surface area (Å²) in [5.41, 5.74) is 8.41. The molecule has 0 N–H and O–H groups in total. The second-order valence-corrected chi connectivity index (χ2v) is 6.94. The van der Waals surface area contributed by atoms with Gasteiger partial charge in [-0.2, -0.15) is 0 Å². The zero-order valence-electron chi connectivity index (χ0n) is 13.2. The van der Waals surface area contributed by atoms with Crippen LogP contribution in [0.3, 0.4) is 0 Å². The highest BCUT2D eigenvalue weighted by Gasteiger charge is 2.18. The van der Waals surface area contributed by atoms with Gasteiger partial charge in [0.2, 0.25) is 0 Å². The van der Waals surface area contributed by atoms with Crippen LogP contribution in [0.2, 0.25) is 0 Å². The average molecular weight is 284 g/mol. The molecule has 0 amide bonds. The molecule has 0 nitrogen and oxygen atoms in total. The van der Waals surface area contributed by atoms with E-state index in [1.165, 1.54) is 33.4 Å². The molecule has 0 saturated heterocycles. The molecule has 1 heteroatoms. The van der Waals surface area contributed by atoms with Gasteiger partial charge in [-0.25, -0.2) is 0 Å². The van der Waals surface area contributed by atoms with Crippen LogP contribution in [0, 0.1) is 27.7 Å². The lowest BCUT2D eigenvalue weighted by atomic mass is 9.93. The Kier molecular flexibility index (Phi) is 4.93. The molecule has 106 valence electrons. The van der Waals surface area contributed by atoms with Crippen LogP contribution in [0.15, 0.2) is 36.4 Å². The first kappa shape index (κ1) is 15.2. The van der Waals surface area contributed by atoms with Crippen LogP contribution in [0.5, 0.6) is 0 Å². The second kappa shape index (κ2) is 6.49. The van der Waals surface area contributed by atoms with Crippen molar-refractivity contribution >= 4 is 11.8 Å². The van der Waals surface area contributed by atoms with Crippen LogP contribution in [0.1, 0.15) is 45.6 Å². The number of benzene rings is 2. The largest absolute Gasteiger partial charge is 0.149 e. The number of thioether (sulfide) groups is 1. The zero-order valence-corrected chi connectivity index (χ0v) is 14.0. The van der Waals surface area contributed by atoms with E-state index in [0.29, 0.717) is 5.25 Å². The van der Waals surface area contributed by atoms with E-state index in [1.54, 1.807) is 0 Å². The van der Waals surface area contributed by atoms with Gasteiger partial charge in [-0.3, -0.25) is 0 Å². The number of aryl methyl sites for hydroxylation is 4. The summed E-state index contributed by atoms with van der Waals surface area (Å²) in [6.07, 6.45) is 0. The van der Waals surface area contributed by atoms with Crippen molar-refractivity contribution < 1.29 is 0 Å². The van der Waals surface area contributed by atoms with E-state index >= 15 is 0 Å². The summed E-state index contributed by atoms with van der Waals surface area (Å²) in [5, 5.41) is 0.446. The lowest BCUT2D eigenvalue weighted by Crippen LogP contribution is -2.03. The Labute approximate surface area is 127 Å². The molecule has 0 radical (unpaired) electrons. The molecule has 0 saturated carbocycles. The predicted molar refractivity (Wildman–Crippen MR) is 91.8 cm³/mol. The molecule has 0 aromatic heterocycles. The molecule has 0 aliphatic heterocycles. The lowest BCUT2D eigenvalue weighted by Gasteiger charge is -2.22. The Morgan fingerprint density at radius 2 is 1.40 bits per heavy atom. The minimum absolute atomic E-state index is 0.446. The fourth-order valence-electron chi connectivity index (χ4n) is 2.86. The van der Waals surface area contributed by atoms with Crippen LogP contribution in [-0.2, 0) is 0 Å². The van der Waals surface area contributed by atoms with Gasteiger partial charge in [0.1, 0.15) is 0 Å². The monoisotopic (exact) mass is 284 g/mol. The Morgan fingerprint density at radius 1 is 0.850 bits per heavy atom. The van der Waals surface area contributed by atoms with Crippen molar-refractivity contribution in [2.24, 2.45) is 0 Å². The summed E-state index contributed by atoms with van der Waals surface area (Å²) >= 11 is 2.02. The molecule has 0 aliphatic carbocycles. The first-order valence-corrected chi connectivity index (χ1v) is 8.33. The minimum atomic E-state index is 0.446. The third-order valence-corrected chi connectivity index (χ3v) is 4.89. The number of hydrogen-bond donors (Lipinski definition) is 0. The molecule has 0 spiro atoms. The average Bonchev–Trinajstić information content (AvgIpc) is 2.37. The van der Waals surface area contributed by atoms with E-state index in [4.69, 9.17) is 0 Å². The molecule has 2 aromatic carbocycles. The van der Waals surface area contributed by atoms with E-state index in [-0.39, 0.29) is 0 Å². The maximum atomic E-state index is 2.31. The summed E-state index contributed by atoms with van der Waals surface area (Å²) in [6, 6.07) is 13.6. The van der Waals surface area contributed by atoms with Gasteiger partial charge < -0.3 is 0 Å². The SMILES string of the molecule is CCSC(c1ccc(C)cc1)c1c(C)cc(C)cc1C. The van der Waals surface area contributed by atoms with Crippen LogP contribution in [0.25, 0.3) is 0 Å². The third kappa shape index (κ3) is 3.27. The summed E-state index contributed by atoms with van der Waals surface area (Å²) in [5.74, 6) is 1.13. The molecule has 0 bridgehead atoms. The molecule has 0 heterocycles. The van der Waals surface area contributed by atoms with E-state index in [0.717, 1.165) is 5.75 Å². The first-order chi connectivity index (χ1) is 9.52. The molecule has 1 unspecified atom stereocenters. The van der Waals surface area contributed by atoms with Gasteiger partial charge in [0, 0.05) is 0 Å². The van der Waals surface area contributed by atoms with Gasteiger partial charge in [-0.1, -0.05) is 54.4 Å². The van der Waals surface area contributed by atoms with Gasteiger partial charge >= 0.3 is 0 Å². The van der Waals surface area contributed by atoms with Gasteiger partial charge in [0.05, 0.1) is 5.25 Å². The normalized spacial score (nSPS) is 12.4. The lowest BCUT2D eigenvalue weighted by molar-refractivity contribution is 1.08. The molecule has 2 aromatic rings. The quantitative estimate of drug-likeness (QED) is 0.687. The Hall–Kier alpha value is -1.21. The van der Waals surface area contributed by atoms with Crippen molar-refractivity contribution in [2.45, 2.75) is 39.9 Å². The Balaban J connectivity index is 2.51. The van der Waals surface area contributed by atoms with Crippen molar-refractivity contribution in [1.82, 2.24) is 0 Å². The molecular weight excluding hydrogens is 260 g/mol. The molecular formula is C19H24S. The van der Waals surface area contributed by atoms with Gasteiger partial charge in [0.15, 0.2) is 0 Å². The predicted octanol–water partition coefficient (Wildman–Crippen LogP) is 5.76. The fraction of sp³-hybridized carbons (Fsp3) is 0.368. The maximum absolute atomic E-state index is 2.31. The van der Waals surface area contributed by atoms with Crippen molar-refractivity contribution in [3.63, 3.8) is 0 Å². The molecule has 2 rings (SSSR count). The van der Waals surface area contributed by atoms with E-state index in [1.807, 2.05) is 11.8 Å². The summed E-state index contributed by atoms with van der Waals surface area (Å²) < 4.78 is 0. The van der Waals surface area contributed by atoms with E-state index in [2.05, 4.69) is 71.0 Å². The molecule has 1 atom stereocenters. The van der Waals surface area contributed by atoms with Gasteiger partial charge in [-0.15, -0.1) is 11.8 Å². The Bertz CT molecular complexity index is 558. The number of rotatable bonds is 4. The van der Waals surface area contributed by atoms with E-state index < -0.39 is 0 Å². The van der Waals surface area contributed by atoms with Gasteiger partial charge in [-0.05, 0) is 55.7 Å². The van der Waals surface area contributed by atoms with Crippen molar-refractivity contribution in [3.05, 3.63) is 69.8 Å². The van der Waals surface area contributed by atoms with Crippen molar-refractivity contribution in [3.8, 4) is 0 Å². The van der Waals surface area contributed by atoms with Crippen LogP contribution < -0.4 is 0 Å². The van der Waals surface area contributed by atoms with Gasteiger partial charge in [0.25, 0.3) is 0 Å². The maximum Gasteiger partial charge on any atom is 0.0551 e. The highest BCUT2D eigenvalue weighted by atomic mass is 32.2. The Morgan fingerprint density at radius 3 is 1.90 bits per heavy atom. The topological polar surface area (TPSA) is 0 Å².